The monoisotopic (exact) mass is 515 g/mol. The number of carbonyl (C=O) groups excluding carboxylic acids is 2. The molecule has 1 N–H and O–H groups in total. The lowest BCUT2D eigenvalue weighted by Crippen LogP contribution is -2.48. The van der Waals surface area contributed by atoms with E-state index in [0.717, 1.165) is 59.6 Å². The average molecular weight is 516 g/mol. The van der Waals surface area contributed by atoms with Crippen molar-refractivity contribution in [2.24, 2.45) is 0 Å². The molecule has 0 radical (unpaired) electrons. The van der Waals surface area contributed by atoms with Crippen molar-refractivity contribution in [1.82, 2.24) is 20.4 Å². The normalized spacial score (nSPS) is 15.7. The maximum atomic E-state index is 12.6. The number of amides is 2. The van der Waals surface area contributed by atoms with Crippen molar-refractivity contribution in [3.63, 3.8) is 0 Å². The third kappa shape index (κ3) is 5.96. The van der Waals surface area contributed by atoms with E-state index in [2.05, 4.69) is 39.1 Å². The van der Waals surface area contributed by atoms with Crippen LogP contribution in [-0.4, -0.2) is 53.0 Å². The van der Waals surface area contributed by atoms with Crippen molar-refractivity contribution in [3.05, 3.63) is 78.0 Å². The zero-order valence-corrected chi connectivity index (χ0v) is 23.0. The predicted octanol–water partition coefficient (Wildman–Crippen LogP) is 4.89. The Morgan fingerprint density at radius 1 is 1.26 bits per heavy atom. The maximum absolute atomic E-state index is 12.6. The Bertz CT molecular complexity index is 1320. The number of aromatic nitrogens is 2. The molecule has 1 aliphatic rings. The van der Waals surface area contributed by atoms with E-state index < -0.39 is 0 Å². The van der Waals surface area contributed by atoms with Gasteiger partial charge in [0.15, 0.2) is 0 Å². The number of carbonyl (C=O) groups is 2. The zero-order chi connectivity index (χ0) is 27.4. The fourth-order valence-corrected chi connectivity index (χ4v) is 4.76. The molecule has 1 atom stereocenters. The predicted molar refractivity (Wildman–Crippen MR) is 149 cm³/mol. The molecule has 1 saturated heterocycles. The molecule has 2 amide bonds. The highest BCUT2D eigenvalue weighted by molar-refractivity contribution is 5.91. The lowest BCUT2D eigenvalue weighted by molar-refractivity contribution is -0.126. The molecule has 3 heterocycles. The molecule has 8 heteroatoms. The number of piperidine rings is 1. The number of aryl methyl sites for hydroxylation is 1. The van der Waals surface area contributed by atoms with Crippen LogP contribution in [0.1, 0.15) is 61.0 Å². The fourth-order valence-electron chi connectivity index (χ4n) is 4.76. The number of pyridine rings is 1. The summed E-state index contributed by atoms with van der Waals surface area (Å²) in [6, 6.07) is 10.1. The summed E-state index contributed by atoms with van der Waals surface area (Å²) < 4.78 is 5.26. The van der Waals surface area contributed by atoms with E-state index in [1.54, 1.807) is 17.2 Å². The molecule has 0 spiro atoms. The molecule has 200 valence electrons. The van der Waals surface area contributed by atoms with Crippen molar-refractivity contribution in [3.8, 4) is 11.1 Å². The summed E-state index contributed by atoms with van der Waals surface area (Å²) in [4.78, 5) is 33.3. The van der Waals surface area contributed by atoms with Crippen LogP contribution in [0.5, 0.6) is 0 Å². The van der Waals surface area contributed by atoms with Crippen LogP contribution in [0.4, 0.5) is 5.69 Å². The largest absolute Gasteiger partial charge is 0.368 e. The van der Waals surface area contributed by atoms with Crippen molar-refractivity contribution >= 4 is 17.5 Å². The summed E-state index contributed by atoms with van der Waals surface area (Å²) in [5, 5.41) is 6.97. The number of hydrogen-bond donors (Lipinski definition) is 1. The summed E-state index contributed by atoms with van der Waals surface area (Å²) in [6.45, 7) is 13.8. The second kappa shape index (κ2) is 11.2. The van der Waals surface area contributed by atoms with E-state index in [0.29, 0.717) is 6.54 Å². The quantitative estimate of drug-likeness (QED) is 0.451. The minimum Gasteiger partial charge on any atom is -0.368 e. The number of anilines is 1. The van der Waals surface area contributed by atoms with E-state index in [9.17, 15) is 9.59 Å². The first-order chi connectivity index (χ1) is 18.1. The first-order valence-corrected chi connectivity index (χ1v) is 13.0. The zero-order valence-electron chi connectivity index (χ0n) is 23.0. The second-order valence-electron chi connectivity index (χ2n) is 10.9. The van der Waals surface area contributed by atoms with Gasteiger partial charge in [0.1, 0.15) is 0 Å². The van der Waals surface area contributed by atoms with Gasteiger partial charge in [-0.25, -0.2) is 0 Å². The molecule has 1 unspecified atom stereocenters. The summed E-state index contributed by atoms with van der Waals surface area (Å²) in [5.41, 5.74) is 5.88. The summed E-state index contributed by atoms with van der Waals surface area (Å²) >= 11 is 0. The molecule has 3 aromatic rings. The van der Waals surface area contributed by atoms with Gasteiger partial charge in [0.2, 0.25) is 11.7 Å². The highest BCUT2D eigenvalue weighted by Crippen LogP contribution is 2.33. The number of benzene rings is 1. The lowest BCUT2D eigenvalue weighted by Gasteiger charge is -2.39. The number of nitrogens with one attached hydrogen (secondary N) is 1. The molecule has 0 bridgehead atoms. The minimum atomic E-state index is -0.285. The smallest absolute Gasteiger partial charge is 0.290 e. The molecule has 1 aliphatic heterocycles. The van der Waals surface area contributed by atoms with Gasteiger partial charge < -0.3 is 19.6 Å². The number of nitrogens with zero attached hydrogens (tertiary/aromatic N) is 4. The summed E-state index contributed by atoms with van der Waals surface area (Å²) in [5.74, 6) is -0.127. The third-order valence-corrected chi connectivity index (χ3v) is 7.20. The number of hydrogen-bond acceptors (Lipinski definition) is 6. The molecule has 2 aromatic heterocycles. The second-order valence-corrected chi connectivity index (χ2v) is 10.9. The van der Waals surface area contributed by atoms with Crippen molar-refractivity contribution in [2.75, 3.05) is 25.0 Å². The van der Waals surface area contributed by atoms with Gasteiger partial charge in [-0.2, -0.15) is 0 Å². The molecule has 0 saturated carbocycles. The number of likely N-dealkylation sites (N-methyl/N-ethyl adjacent to an activating group) is 1. The Balaban J connectivity index is 1.48. The van der Waals surface area contributed by atoms with Gasteiger partial charge >= 0.3 is 0 Å². The van der Waals surface area contributed by atoms with Gasteiger partial charge in [-0.05, 0) is 48.6 Å². The van der Waals surface area contributed by atoms with E-state index in [1.807, 2.05) is 53.1 Å². The van der Waals surface area contributed by atoms with Crippen LogP contribution in [0.25, 0.3) is 11.1 Å². The van der Waals surface area contributed by atoms with Gasteiger partial charge in [-0.15, -0.1) is 0 Å². The van der Waals surface area contributed by atoms with E-state index in [4.69, 9.17) is 4.52 Å². The first kappa shape index (κ1) is 27.1. The SMILES string of the molecule is C=CC(=O)N(C)C1CCCN(c2cnccc2-c2ccc(CNC(=O)c3cc(C(C)(C)C)no3)c(C)c2)C1. The summed E-state index contributed by atoms with van der Waals surface area (Å²) in [7, 11) is 1.84. The van der Waals surface area contributed by atoms with Crippen molar-refractivity contribution in [1.29, 1.82) is 0 Å². The van der Waals surface area contributed by atoms with E-state index >= 15 is 0 Å². The maximum Gasteiger partial charge on any atom is 0.290 e. The molecular weight excluding hydrogens is 478 g/mol. The first-order valence-electron chi connectivity index (χ1n) is 13.0. The highest BCUT2D eigenvalue weighted by atomic mass is 16.5. The third-order valence-electron chi connectivity index (χ3n) is 7.20. The van der Waals surface area contributed by atoms with Crippen molar-refractivity contribution in [2.45, 2.75) is 58.5 Å². The highest BCUT2D eigenvalue weighted by Gasteiger charge is 2.27. The fraction of sp³-hybridized carbons (Fsp3) is 0.400. The topological polar surface area (TPSA) is 91.6 Å². The van der Waals surface area contributed by atoms with Crippen molar-refractivity contribution < 1.29 is 14.1 Å². The van der Waals surface area contributed by atoms with Gasteiger partial charge in [0.05, 0.1) is 17.6 Å². The van der Waals surface area contributed by atoms with E-state index in [-0.39, 0.29) is 29.0 Å². The van der Waals surface area contributed by atoms with Crippen LogP contribution in [0.2, 0.25) is 0 Å². The van der Waals surface area contributed by atoms with Crippen LogP contribution < -0.4 is 10.2 Å². The molecule has 4 rings (SSSR count). The molecule has 8 nitrogen and oxygen atoms in total. The summed E-state index contributed by atoms with van der Waals surface area (Å²) in [6.07, 6.45) is 7.04. The minimum absolute atomic E-state index is 0.0560. The Hall–Kier alpha value is -3.94. The standard InChI is InChI=1S/C30H37N5O3/c1-7-28(36)34(6)23-9-8-14-35(19-23)25-18-31-13-12-24(25)21-10-11-22(20(2)15-21)17-32-29(37)26-16-27(33-38-26)30(3,4)5/h7,10-13,15-16,18,23H,1,8-9,14,17,19H2,2-6H3,(H,32,37). The van der Waals surface area contributed by atoms with Gasteiger partial charge in [-0.1, -0.05) is 50.7 Å². The Kier molecular flexibility index (Phi) is 7.99. The molecule has 38 heavy (non-hydrogen) atoms. The van der Waals surface area contributed by atoms with Crippen LogP contribution in [-0.2, 0) is 16.8 Å². The lowest BCUT2D eigenvalue weighted by atomic mass is 9.92. The molecular formula is C30H37N5O3. The Morgan fingerprint density at radius 3 is 2.74 bits per heavy atom. The van der Waals surface area contributed by atoms with Crippen LogP contribution >= 0.6 is 0 Å². The molecule has 1 aromatic carbocycles. The van der Waals surface area contributed by atoms with E-state index in [1.165, 1.54) is 6.08 Å². The Morgan fingerprint density at radius 2 is 2.05 bits per heavy atom. The van der Waals surface area contributed by atoms with Crippen LogP contribution in [0.15, 0.2) is 59.9 Å². The van der Waals surface area contributed by atoms with Gasteiger partial charge in [-0.3, -0.25) is 14.6 Å². The van der Waals surface area contributed by atoms with Gasteiger partial charge in [0.25, 0.3) is 5.91 Å². The average Bonchev–Trinajstić information content (AvgIpc) is 3.43. The van der Waals surface area contributed by atoms with Gasteiger partial charge in [0, 0.05) is 56.0 Å². The molecule has 1 fully saturated rings. The van der Waals surface area contributed by atoms with Crippen LogP contribution in [0, 0.1) is 6.92 Å². The Labute approximate surface area is 224 Å². The van der Waals surface area contributed by atoms with Crippen LogP contribution in [0.3, 0.4) is 0 Å². The number of rotatable bonds is 7. The molecule has 0 aliphatic carbocycles.